The molecule has 0 amide bonds. The van der Waals surface area contributed by atoms with E-state index >= 15 is 0 Å². The molecule has 1 atom stereocenters. The lowest BCUT2D eigenvalue weighted by Gasteiger charge is -2.14. The van der Waals surface area contributed by atoms with Crippen molar-refractivity contribution in [3.8, 4) is 5.75 Å². The number of hydrogen-bond acceptors (Lipinski definition) is 6. The van der Waals surface area contributed by atoms with E-state index in [1.54, 1.807) is 14.0 Å². The summed E-state index contributed by atoms with van der Waals surface area (Å²) in [6, 6.07) is 8.04. The van der Waals surface area contributed by atoms with Gasteiger partial charge in [0.15, 0.2) is 0 Å². The van der Waals surface area contributed by atoms with Crippen LogP contribution in [0.4, 0.5) is 6.01 Å². The summed E-state index contributed by atoms with van der Waals surface area (Å²) in [6.45, 7) is 2.46. The van der Waals surface area contributed by atoms with Crippen LogP contribution in [0.5, 0.6) is 5.75 Å². The first-order valence-corrected chi connectivity index (χ1v) is 6.03. The largest absolute Gasteiger partial charge is 0.497 e. The van der Waals surface area contributed by atoms with E-state index < -0.39 is 0 Å². The third kappa shape index (κ3) is 3.23. The van der Waals surface area contributed by atoms with E-state index in [1.165, 1.54) is 0 Å². The Morgan fingerprint density at radius 1 is 1.42 bits per heavy atom. The van der Waals surface area contributed by atoms with E-state index in [9.17, 15) is 0 Å². The van der Waals surface area contributed by atoms with Crippen molar-refractivity contribution < 1.29 is 9.15 Å². The van der Waals surface area contributed by atoms with E-state index in [0.29, 0.717) is 18.5 Å². The summed E-state index contributed by atoms with van der Waals surface area (Å²) in [5.41, 5.74) is 6.79. The summed E-state index contributed by atoms with van der Waals surface area (Å²) in [5, 5.41) is 7.88. The van der Waals surface area contributed by atoms with Crippen molar-refractivity contribution >= 4 is 6.01 Å². The number of nitrogens with zero attached hydrogens (tertiary/aromatic N) is 3. The Labute approximate surface area is 112 Å². The van der Waals surface area contributed by atoms with Gasteiger partial charge in [-0.1, -0.05) is 17.2 Å². The van der Waals surface area contributed by atoms with E-state index in [2.05, 4.69) is 10.2 Å². The highest BCUT2D eigenvalue weighted by Crippen LogP contribution is 2.18. The first-order chi connectivity index (χ1) is 9.10. The van der Waals surface area contributed by atoms with Crippen molar-refractivity contribution in [3.63, 3.8) is 0 Å². The van der Waals surface area contributed by atoms with Gasteiger partial charge in [-0.15, -0.1) is 5.10 Å². The summed E-state index contributed by atoms with van der Waals surface area (Å²) in [4.78, 5) is 1.87. The Kier molecular flexibility index (Phi) is 4.01. The van der Waals surface area contributed by atoms with Crippen LogP contribution in [-0.4, -0.2) is 24.4 Å². The molecule has 0 aliphatic rings. The van der Waals surface area contributed by atoms with Crippen LogP contribution in [0.25, 0.3) is 0 Å². The molecule has 0 aliphatic carbocycles. The fourth-order valence-corrected chi connectivity index (χ4v) is 1.68. The zero-order chi connectivity index (χ0) is 13.8. The number of ether oxygens (including phenoxy) is 1. The molecule has 6 heteroatoms. The average molecular weight is 262 g/mol. The molecule has 1 aromatic carbocycles. The molecule has 2 rings (SSSR count). The molecule has 19 heavy (non-hydrogen) atoms. The SMILES string of the molecule is COc1cccc(CN(C)c2nnc(C(C)N)o2)c1. The summed E-state index contributed by atoms with van der Waals surface area (Å²) < 4.78 is 10.7. The maximum Gasteiger partial charge on any atom is 0.318 e. The highest BCUT2D eigenvalue weighted by atomic mass is 16.5. The molecule has 102 valence electrons. The van der Waals surface area contributed by atoms with Gasteiger partial charge in [0, 0.05) is 13.6 Å². The van der Waals surface area contributed by atoms with Gasteiger partial charge in [-0.2, -0.15) is 0 Å². The number of rotatable bonds is 5. The zero-order valence-corrected chi connectivity index (χ0v) is 11.3. The van der Waals surface area contributed by atoms with Crippen LogP contribution in [0.15, 0.2) is 28.7 Å². The smallest absolute Gasteiger partial charge is 0.318 e. The van der Waals surface area contributed by atoms with Crippen molar-refractivity contribution in [1.82, 2.24) is 10.2 Å². The van der Waals surface area contributed by atoms with Crippen molar-refractivity contribution in [2.24, 2.45) is 5.73 Å². The number of nitrogens with two attached hydrogens (primary N) is 1. The molecule has 1 aromatic heterocycles. The Morgan fingerprint density at radius 3 is 2.84 bits per heavy atom. The lowest BCUT2D eigenvalue weighted by molar-refractivity contribution is 0.414. The topological polar surface area (TPSA) is 77.4 Å². The molecule has 0 spiro atoms. The molecular formula is C13H18N4O2. The standard InChI is InChI=1S/C13H18N4O2/c1-9(14)12-15-16-13(19-12)17(2)8-10-5-4-6-11(7-10)18-3/h4-7,9H,8,14H2,1-3H3. The third-order valence-electron chi connectivity index (χ3n) is 2.70. The number of anilines is 1. The molecule has 0 bridgehead atoms. The second-order valence-electron chi connectivity index (χ2n) is 4.42. The minimum Gasteiger partial charge on any atom is -0.497 e. The molecule has 0 saturated heterocycles. The quantitative estimate of drug-likeness (QED) is 0.884. The van der Waals surface area contributed by atoms with Crippen molar-refractivity contribution in [2.45, 2.75) is 19.5 Å². The first kappa shape index (κ1) is 13.4. The van der Waals surface area contributed by atoms with E-state index in [1.807, 2.05) is 36.2 Å². The van der Waals surface area contributed by atoms with Gasteiger partial charge in [-0.3, -0.25) is 0 Å². The van der Waals surface area contributed by atoms with Crippen LogP contribution >= 0.6 is 0 Å². The molecule has 2 aromatic rings. The van der Waals surface area contributed by atoms with Gasteiger partial charge in [0.05, 0.1) is 13.2 Å². The predicted molar refractivity (Wildman–Crippen MR) is 72.0 cm³/mol. The lowest BCUT2D eigenvalue weighted by atomic mass is 10.2. The van der Waals surface area contributed by atoms with E-state index in [0.717, 1.165) is 11.3 Å². The molecule has 0 fully saturated rings. The van der Waals surface area contributed by atoms with Gasteiger partial charge in [-0.05, 0) is 24.6 Å². The molecular weight excluding hydrogens is 244 g/mol. The molecule has 2 N–H and O–H groups in total. The minimum absolute atomic E-state index is 0.258. The average Bonchev–Trinajstić information content (AvgIpc) is 2.89. The van der Waals surface area contributed by atoms with Crippen LogP contribution in [-0.2, 0) is 6.54 Å². The van der Waals surface area contributed by atoms with Gasteiger partial charge in [0.25, 0.3) is 0 Å². The molecule has 1 unspecified atom stereocenters. The Bertz CT molecular complexity index is 539. The van der Waals surface area contributed by atoms with Crippen LogP contribution < -0.4 is 15.4 Å². The second kappa shape index (κ2) is 5.71. The molecule has 0 radical (unpaired) electrons. The Morgan fingerprint density at radius 2 is 2.21 bits per heavy atom. The Hall–Kier alpha value is -2.08. The summed E-state index contributed by atoms with van der Waals surface area (Å²) in [5.74, 6) is 1.26. The van der Waals surface area contributed by atoms with Crippen LogP contribution in [0, 0.1) is 0 Å². The third-order valence-corrected chi connectivity index (χ3v) is 2.70. The van der Waals surface area contributed by atoms with Crippen LogP contribution in [0.2, 0.25) is 0 Å². The predicted octanol–water partition coefficient (Wildman–Crippen LogP) is 1.73. The van der Waals surface area contributed by atoms with Gasteiger partial charge >= 0.3 is 6.01 Å². The highest BCUT2D eigenvalue weighted by molar-refractivity contribution is 5.32. The van der Waals surface area contributed by atoms with Gasteiger partial charge in [0.2, 0.25) is 5.89 Å². The van der Waals surface area contributed by atoms with Crippen LogP contribution in [0.3, 0.4) is 0 Å². The summed E-state index contributed by atoms with van der Waals surface area (Å²) >= 11 is 0. The maximum atomic E-state index is 5.69. The van der Waals surface area contributed by atoms with Gasteiger partial charge in [0.1, 0.15) is 5.75 Å². The number of hydrogen-bond donors (Lipinski definition) is 1. The fourth-order valence-electron chi connectivity index (χ4n) is 1.68. The monoisotopic (exact) mass is 262 g/mol. The number of aromatic nitrogens is 2. The first-order valence-electron chi connectivity index (χ1n) is 6.03. The van der Waals surface area contributed by atoms with Crippen molar-refractivity contribution in [1.29, 1.82) is 0 Å². The molecule has 1 heterocycles. The lowest BCUT2D eigenvalue weighted by Crippen LogP contribution is -2.16. The molecule has 0 aliphatic heterocycles. The molecule has 6 nitrogen and oxygen atoms in total. The number of methoxy groups -OCH3 is 1. The van der Waals surface area contributed by atoms with Gasteiger partial charge in [-0.25, -0.2) is 0 Å². The minimum atomic E-state index is -0.258. The van der Waals surface area contributed by atoms with E-state index in [4.69, 9.17) is 14.9 Å². The van der Waals surface area contributed by atoms with E-state index in [-0.39, 0.29) is 6.04 Å². The summed E-state index contributed by atoms with van der Waals surface area (Å²) in [7, 11) is 3.54. The van der Waals surface area contributed by atoms with Crippen molar-refractivity contribution in [2.75, 3.05) is 19.1 Å². The maximum absolute atomic E-state index is 5.69. The molecule has 0 saturated carbocycles. The Balaban J connectivity index is 2.08. The number of benzene rings is 1. The fraction of sp³-hybridized carbons (Fsp3) is 0.385. The van der Waals surface area contributed by atoms with Crippen molar-refractivity contribution in [3.05, 3.63) is 35.7 Å². The zero-order valence-electron chi connectivity index (χ0n) is 11.3. The normalized spacial score (nSPS) is 12.2. The second-order valence-corrected chi connectivity index (χ2v) is 4.42. The van der Waals surface area contributed by atoms with Crippen LogP contribution in [0.1, 0.15) is 24.4 Å². The summed E-state index contributed by atoms with van der Waals surface area (Å²) in [6.07, 6.45) is 0. The van der Waals surface area contributed by atoms with Gasteiger partial charge < -0.3 is 19.8 Å². The highest BCUT2D eigenvalue weighted by Gasteiger charge is 2.13.